The van der Waals surface area contributed by atoms with E-state index in [-0.39, 0.29) is 85.5 Å². The Morgan fingerprint density at radius 2 is 0.833 bits per heavy atom. The molecule has 12 heavy (non-hydrogen) atoms. The topological polar surface area (TPSA) is 0 Å². The molecule has 0 aliphatic rings. The summed E-state index contributed by atoms with van der Waals surface area (Å²) >= 11 is -0.171. The fourth-order valence-electron chi connectivity index (χ4n) is 0.866. The van der Waals surface area contributed by atoms with Gasteiger partial charge in [-0.3, -0.25) is 0 Å². The molecule has 0 heterocycles. The monoisotopic (exact) mass is 306 g/mol. The molecule has 0 unspecified atom stereocenters. The van der Waals surface area contributed by atoms with Gasteiger partial charge in [0.05, 0.1) is 0 Å². The average Bonchev–Trinajstić information content (AvgIpc) is 1.72. The molecule has 0 N–H and O–H groups in total. The molecule has 0 aliphatic carbocycles. The molecule has 0 amide bonds. The predicted octanol–water partition coefficient (Wildman–Crippen LogP) is 4.23. The van der Waals surface area contributed by atoms with Crippen LogP contribution in [-0.2, 0) is 21.7 Å². The van der Waals surface area contributed by atoms with Gasteiger partial charge >= 0.3 is 0 Å². The molecule has 0 spiro atoms. The van der Waals surface area contributed by atoms with Crippen molar-refractivity contribution in [1.29, 1.82) is 0 Å². The second-order valence-electron chi connectivity index (χ2n) is 2.09. The smallest absolute Gasteiger partial charge is 0.147 e. The van der Waals surface area contributed by atoms with Crippen molar-refractivity contribution in [2.24, 2.45) is 0 Å². The van der Waals surface area contributed by atoms with E-state index < -0.39 is 0 Å². The summed E-state index contributed by atoms with van der Waals surface area (Å²) in [5.74, 6) is 0. The van der Waals surface area contributed by atoms with Crippen molar-refractivity contribution in [3.05, 3.63) is 0 Å². The van der Waals surface area contributed by atoms with E-state index in [1.54, 1.807) is 0 Å². The molecule has 0 aromatic carbocycles. The van der Waals surface area contributed by atoms with Crippen molar-refractivity contribution in [3.8, 4) is 0 Å². The van der Waals surface area contributed by atoms with Gasteiger partial charge in [0, 0.05) is 21.7 Å². The van der Waals surface area contributed by atoms with E-state index in [4.69, 9.17) is 0 Å². The summed E-state index contributed by atoms with van der Waals surface area (Å²) in [6.07, 6.45) is 0. The van der Waals surface area contributed by atoms with Crippen LogP contribution in [0, 0.1) is 0 Å². The summed E-state index contributed by atoms with van der Waals surface area (Å²) < 4.78 is 0. The Bertz CT molecular complexity index is 41.0. The van der Waals surface area contributed by atoms with Gasteiger partial charge in [-0.25, -0.2) is 0 Å². The van der Waals surface area contributed by atoms with Crippen molar-refractivity contribution in [3.63, 3.8) is 0 Å². The van der Waals surface area contributed by atoms with E-state index in [1.807, 2.05) is 0 Å². The minimum atomic E-state index is -0.171. The van der Waals surface area contributed by atoms with Crippen molar-refractivity contribution >= 4 is 63.8 Å². The van der Waals surface area contributed by atoms with E-state index in [1.165, 1.54) is 15.8 Å². The van der Waals surface area contributed by atoms with Crippen LogP contribution in [0.15, 0.2) is 0 Å². The first-order valence-electron chi connectivity index (χ1n) is 3.35. The van der Waals surface area contributed by atoms with Crippen molar-refractivity contribution in [2.45, 2.75) is 36.6 Å². The van der Waals surface area contributed by atoms with E-state index >= 15 is 0 Å². The summed E-state index contributed by atoms with van der Waals surface area (Å²) in [5, 5.41) is 4.48. The number of hydrogen-bond donors (Lipinski definition) is 0. The number of rotatable bonds is 3. The quantitative estimate of drug-likeness (QED) is 0.685. The SMILES string of the molecule is C[CH2][Al]([CH2]C)[CH2]C.Cl.Cl.Cl.Cl.[Ti]. The minimum Gasteiger partial charge on any atom is -0.147 e. The Morgan fingerprint density at radius 3 is 0.833 bits per heavy atom. The van der Waals surface area contributed by atoms with Gasteiger partial charge in [-0.2, -0.15) is 0 Å². The Balaban J connectivity index is -0.0000000180. The minimum absolute atomic E-state index is 0. The van der Waals surface area contributed by atoms with Gasteiger partial charge in [0.15, 0.2) is 0 Å². The Hall–Kier alpha value is 2.41. The predicted molar refractivity (Wildman–Crippen MR) is 66.2 cm³/mol. The van der Waals surface area contributed by atoms with E-state index in [0.717, 1.165) is 0 Å². The molecular weight excluding hydrogens is 289 g/mol. The van der Waals surface area contributed by atoms with Crippen LogP contribution in [0.25, 0.3) is 0 Å². The van der Waals surface area contributed by atoms with E-state index in [2.05, 4.69) is 20.8 Å². The van der Waals surface area contributed by atoms with Crippen molar-refractivity contribution in [1.82, 2.24) is 0 Å². The molecule has 0 nitrogen and oxygen atoms in total. The molecule has 6 heteroatoms. The Kier molecular flexibility index (Phi) is 89.2. The third-order valence-electron chi connectivity index (χ3n) is 1.73. The van der Waals surface area contributed by atoms with Gasteiger partial charge < -0.3 is 0 Å². The Morgan fingerprint density at radius 1 is 0.667 bits per heavy atom. The van der Waals surface area contributed by atoms with Crippen LogP contribution in [0.2, 0.25) is 15.8 Å². The van der Waals surface area contributed by atoms with Crippen LogP contribution in [-0.4, -0.2) is 14.1 Å². The molecule has 0 aliphatic heterocycles. The first-order chi connectivity index (χ1) is 3.35. The Labute approximate surface area is 121 Å². The molecule has 78 valence electrons. The first kappa shape index (κ1) is 36.6. The molecule has 0 radical (unpaired) electrons. The zero-order valence-corrected chi connectivity index (χ0v) is 13.8. The van der Waals surface area contributed by atoms with Crippen LogP contribution >= 0.6 is 49.6 Å². The molecule has 0 saturated heterocycles. The number of halogens is 4. The second-order valence-corrected chi connectivity index (χ2v) is 6.27. The summed E-state index contributed by atoms with van der Waals surface area (Å²) in [7, 11) is 0. The molecule has 0 aromatic heterocycles. The molecule has 0 fully saturated rings. The number of hydrogen-bond acceptors (Lipinski definition) is 0. The molecule has 0 bridgehead atoms. The normalized spacial score (nSPS) is 5.25. The van der Waals surface area contributed by atoms with Gasteiger partial charge in [-0.1, -0.05) is 36.6 Å². The first-order valence-corrected chi connectivity index (χ1v) is 5.80. The third kappa shape index (κ3) is 22.8. The fraction of sp³-hybridized carbons (Fsp3) is 1.00. The maximum absolute atomic E-state index is 2.32. The van der Waals surface area contributed by atoms with E-state index in [9.17, 15) is 0 Å². The summed E-state index contributed by atoms with van der Waals surface area (Å²) in [6.45, 7) is 6.97. The van der Waals surface area contributed by atoms with Gasteiger partial charge in [-0.15, -0.1) is 49.6 Å². The molecule has 0 atom stereocenters. The van der Waals surface area contributed by atoms with Crippen LogP contribution in [0.4, 0.5) is 0 Å². The van der Waals surface area contributed by atoms with Crippen LogP contribution in [0.5, 0.6) is 0 Å². The largest absolute Gasteiger partial charge is 0.261 e. The zero-order chi connectivity index (χ0) is 5.70. The summed E-state index contributed by atoms with van der Waals surface area (Å²) in [6, 6.07) is 0. The van der Waals surface area contributed by atoms with Crippen molar-refractivity contribution < 1.29 is 21.7 Å². The standard InChI is InChI=1S/3C2H5.Al.4ClH.Ti/c3*1-2;;;;;;/h3*1H2,2H3;;4*1H;. The maximum atomic E-state index is 2.32. The summed E-state index contributed by atoms with van der Waals surface area (Å²) in [4.78, 5) is 0. The van der Waals surface area contributed by atoms with Gasteiger partial charge in [0.1, 0.15) is 0 Å². The third-order valence-corrected chi connectivity index (χ3v) is 5.20. The van der Waals surface area contributed by atoms with Crippen LogP contribution < -0.4 is 0 Å². The average molecular weight is 308 g/mol. The fourth-order valence-corrected chi connectivity index (χ4v) is 2.60. The maximum Gasteiger partial charge on any atom is 0.261 e. The molecule has 0 rings (SSSR count). The van der Waals surface area contributed by atoms with Gasteiger partial charge in [0.2, 0.25) is 0 Å². The molecular formula is C6H19AlCl4Ti. The second kappa shape index (κ2) is 29.2. The van der Waals surface area contributed by atoms with Gasteiger partial charge in [0.25, 0.3) is 14.1 Å². The van der Waals surface area contributed by atoms with E-state index in [0.29, 0.717) is 0 Å². The van der Waals surface area contributed by atoms with Gasteiger partial charge in [-0.05, 0) is 0 Å². The van der Waals surface area contributed by atoms with Crippen molar-refractivity contribution in [2.75, 3.05) is 0 Å². The molecule has 0 aromatic rings. The summed E-state index contributed by atoms with van der Waals surface area (Å²) in [5.41, 5.74) is 0. The zero-order valence-electron chi connectivity index (χ0n) is 7.83. The van der Waals surface area contributed by atoms with Crippen LogP contribution in [0.3, 0.4) is 0 Å². The van der Waals surface area contributed by atoms with Crippen LogP contribution in [0.1, 0.15) is 20.8 Å². The molecule has 0 saturated carbocycles.